The fourth-order valence-corrected chi connectivity index (χ4v) is 15.2. The van der Waals surface area contributed by atoms with Gasteiger partial charge in [0.05, 0.1) is 28.3 Å². The van der Waals surface area contributed by atoms with E-state index in [4.69, 9.17) is 24.9 Å². The van der Waals surface area contributed by atoms with Gasteiger partial charge in [-0.15, -0.1) is 0 Å². The second-order valence-corrected chi connectivity index (χ2v) is 27.3. The van der Waals surface area contributed by atoms with Crippen molar-refractivity contribution in [1.29, 1.82) is 0 Å². The molecule has 0 N–H and O–H groups in total. The standard InChI is InChI=1S/2C51H33N3/c1-3-19-43-35(11-1)13-9-23-44(43)37-14-7-16-40(29-37)50-32-49(36-26-24-34(25-27-36)42-18-10-28-52-33-42)53-51(54-50)41-17-8-15-38(30-41)48-31-39-12-2-4-20-45(39)46-21-5-6-22-47(46)48;1-2-11-34(12-3-1)35-21-25-37(26-22-35)49-32-50(38-27-23-36(24-28-38)43-30-41-14-5-9-20-48(41)52-33-43)54-51(53-49)42-16-10-15-39(29-42)47-31-40-13-4-6-17-44(40)45-18-7-8-19-46(45)47/h2*1-33H. The maximum atomic E-state index is 5.29. The molecule has 504 valence electrons. The van der Waals surface area contributed by atoms with Gasteiger partial charge >= 0.3 is 0 Å². The molecule has 20 aromatic rings. The molecule has 4 heterocycles. The van der Waals surface area contributed by atoms with Crippen molar-refractivity contribution in [2.45, 2.75) is 0 Å². The maximum absolute atomic E-state index is 5.29. The number of nitrogens with zero attached hydrogens (tertiary/aromatic N) is 6. The molecule has 16 aromatic carbocycles. The van der Waals surface area contributed by atoms with Gasteiger partial charge in [0, 0.05) is 62.9 Å². The molecule has 0 amide bonds. The highest BCUT2D eigenvalue weighted by Gasteiger charge is 2.19. The first-order valence-corrected chi connectivity index (χ1v) is 36.5. The molecule has 0 saturated carbocycles. The summed E-state index contributed by atoms with van der Waals surface area (Å²) in [6.45, 7) is 0. The van der Waals surface area contributed by atoms with Crippen LogP contribution in [0.25, 0.3) is 199 Å². The Kier molecular flexibility index (Phi) is 16.9. The van der Waals surface area contributed by atoms with Gasteiger partial charge in [-0.3, -0.25) is 9.97 Å². The summed E-state index contributed by atoms with van der Waals surface area (Å²) < 4.78 is 0. The first-order valence-electron chi connectivity index (χ1n) is 36.5. The summed E-state index contributed by atoms with van der Waals surface area (Å²) in [5, 5.41) is 13.5. The number of hydrogen-bond acceptors (Lipinski definition) is 6. The molecule has 20 rings (SSSR count). The lowest BCUT2D eigenvalue weighted by atomic mass is 9.92. The van der Waals surface area contributed by atoms with Crippen LogP contribution >= 0.6 is 0 Å². The zero-order valence-electron chi connectivity index (χ0n) is 58.8. The molecule has 0 aliphatic rings. The molecule has 0 unspecified atom stereocenters. The highest BCUT2D eigenvalue weighted by molar-refractivity contribution is 6.15. The van der Waals surface area contributed by atoms with E-state index in [-0.39, 0.29) is 0 Å². The van der Waals surface area contributed by atoms with Crippen LogP contribution in [-0.4, -0.2) is 29.9 Å². The molecule has 0 radical (unpaired) electrons. The van der Waals surface area contributed by atoms with Gasteiger partial charge in [0.15, 0.2) is 11.6 Å². The monoisotopic (exact) mass is 1370 g/mol. The van der Waals surface area contributed by atoms with E-state index >= 15 is 0 Å². The predicted molar refractivity (Wildman–Crippen MR) is 450 cm³/mol. The molecule has 0 fully saturated rings. The summed E-state index contributed by atoms with van der Waals surface area (Å²) in [7, 11) is 0. The third kappa shape index (κ3) is 12.8. The lowest BCUT2D eigenvalue weighted by Gasteiger charge is -2.14. The van der Waals surface area contributed by atoms with Gasteiger partial charge in [-0.05, 0) is 176 Å². The number of aromatic nitrogens is 6. The SMILES string of the molecule is c1ccc(-c2ccc(-c3cc(-c4ccc(-c5cnc6ccccc6c5)cc4)nc(-c4cccc(-c5cc6ccccc6c6ccccc56)c4)n3)cc2)cc1.c1cncc(-c2ccc(-c3cc(-c4cccc(-c5cccc6ccccc56)c4)nc(-c4cccc(-c5cc6ccccc6c6ccccc56)c4)n3)cc2)c1. The number of pyridine rings is 2. The molecule has 6 heteroatoms. The van der Waals surface area contributed by atoms with E-state index in [2.05, 4.69) is 363 Å². The van der Waals surface area contributed by atoms with Crippen molar-refractivity contribution in [1.82, 2.24) is 29.9 Å². The Labute approximate surface area is 626 Å². The second-order valence-electron chi connectivity index (χ2n) is 27.3. The molecule has 6 nitrogen and oxygen atoms in total. The van der Waals surface area contributed by atoms with Gasteiger partial charge < -0.3 is 0 Å². The van der Waals surface area contributed by atoms with E-state index in [0.717, 1.165) is 106 Å². The molecule has 0 aliphatic carbocycles. The third-order valence-electron chi connectivity index (χ3n) is 20.7. The van der Waals surface area contributed by atoms with Gasteiger partial charge in [-0.1, -0.05) is 322 Å². The van der Waals surface area contributed by atoms with Gasteiger partial charge in [0.1, 0.15) is 0 Å². The van der Waals surface area contributed by atoms with Gasteiger partial charge in [-0.2, -0.15) is 0 Å². The number of fused-ring (bicyclic) bond motifs is 8. The van der Waals surface area contributed by atoms with Crippen molar-refractivity contribution in [3.63, 3.8) is 0 Å². The van der Waals surface area contributed by atoms with Crippen LogP contribution in [0.2, 0.25) is 0 Å². The molecule has 0 saturated heterocycles. The highest BCUT2D eigenvalue weighted by Crippen LogP contribution is 2.41. The Morgan fingerprint density at radius 1 is 0.167 bits per heavy atom. The topological polar surface area (TPSA) is 77.3 Å². The Morgan fingerprint density at radius 3 is 1.06 bits per heavy atom. The first-order chi connectivity index (χ1) is 53.5. The minimum absolute atomic E-state index is 0.682. The Bertz CT molecular complexity index is 6770. The fraction of sp³-hybridized carbons (Fsp3) is 0. The zero-order chi connectivity index (χ0) is 71.7. The number of hydrogen-bond donors (Lipinski definition) is 0. The number of rotatable bonds is 12. The molecular formula is C102H66N6. The van der Waals surface area contributed by atoms with Gasteiger partial charge in [0.25, 0.3) is 0 Å². The Hall–Kier alpha value is -14.5. The van der Waals surface area contributed by atoms with Crippen LogP contribution in [0.4, 0.5) is 0 Å². The van der Waals surface area contributed by atoms with E-state index in [1.807, 2.05) is 36.7 Å². The number of benzene rings is 16. The highest BCUT2D eigenvalue weighted by atomic mass is 14.9. The molecule has 108 heavy (non-hydrogen) atoms. The summed E-state index contributed by atoms with van der Waals surface area (Å²) in [4.78, 5) is 30.0. The molecule has 0 atom stereocenters. The van der Waals surface area contributed by atoms with Crippen molar-refractivity contribution in [3.05, 3.63) is 401 Å². The van der Waals surface area contributed by atoms with Crippen LogP contribution in [0, 0.1) is 0 Å². The maximum Gasteiger partial charge on any atom is 0.160 e. The van der Waals surface area contributed by atoms with E-state index in [1.54, 1.807) is 6.20 Å². The van der Waals surface area contributed by atoms with E-state index < -0.39 is 0 Å². The predicted octanol–water partition coefficient (Wildman–Crippen LogP) is 26.7. The molecular weight excluding hydrogens is 1310 g/mol. The molecule has 0 spiro atoms. The lowest BCUT2D eigenvalue weighted by Crippen LogP contribution is -1.96. The summed E-state index contributed by atoms with van der Waals surface area (Å²) in [5.41, 5.74) is 24.3. The molecule has 0 aliphatic heterocycles. The van der Waals surface area contributed by atoms with Crippen LogP contribution < -0.4 is 0 Å². The third-order valence-corrected chi connectivity index (χ3v) is 20.7. The van der Waals surface area contributed by atoms with Crippen LogP contribution in [-0.2, 0) is 0 Å². The van der Waals surface area contributed by atoms with Crippen LogP contribution in [0.1, 0.15) is 0 Å². The summed E-state index contributed by atoms with van der Waals surface area (Å²) in [6, 6.07) is 135. The summed E-state index contributed by atoms with van der Waals surface area (Å²) in [6.07, 6.45) is 5.64. The van der Waals surface area contributed by atoms with E-state index in [1.165, 1.54) is 81.7 Å². The van der Waals surface area contributed by atoms with Crippen LogP contribution in [0.15, 0.2) is 401 Å². The molecule has 0 bridgehead atoms. The Balaban J connectivity index is 0.000000147. The van der Waals surface area contributed by atoms with Crippen molar-refractivity contribution < 1.29 is 0 Å². The van der Waals surface area contributed by atoms with Gasteiger partial charge in [0.2, 0.25) is 0 Å². The van der Waals surface area contributed by atoms with Crippen molar-refractivity contribution >= 4 is 64.8 Å². The van der Waals surface area contributed by atoms with E-state index in [0.29, 0.717) is 11.6 Å². The fourth-order valence-electron chi connectivity index (χ4n) is 15.2. The van der Waals surface area contributed by atoms with Gasteiger partial charge in [-0.25, -0.2) is 19.9 Å². The summed E-state index contributed by atoms with van der Waals surface area (Å²) >= 11 is 0. The van der Waals surface area contributed by atoms with Crippen LogP contribution in [0.3, 0.4) is 0 Å². The lowest BCUT2D eigenvalue weighted by molar-refractivity contribution is 1.18. The Morgan fingerprint density at radius 2 is 0.528 bits per heavy atom. The quantitative estimate of drug-likeness (QED) is 0.113. The normalized spacial score (nSPS) is 11.3. The summed E-state index contributed by atoms with van der Waals surface area (Å²) in [5.74, 6) is 1.37. The van der Waals surface area contributed by atoms with Crippen molar-refractivity contribution in [2.75, 3.05) is 0 Å². The molecule has 4 aromatic heterocycles. The smallest absolute Gasteiger partial charge is 0.160 e. The van der Waals surface area contributed by atoms with Crippen molar-refractivity contribution in [2.24, 2.45) is 0 Å². The van der Waals surface area contributed by atoms with Crippen molar-refractivity contribution in [3.8, 4) is 135 Å². The average Bonchev–Trinajstić information content (AvgIpc) is 0.764. The minimum atomic E-state index is 0.682. The minimum Gasteiger partial charge on any atom is -0.264 e. The van der Waals surface area contributed by atoms with Crippen LogP contribution in [0.5, 0.6) is 0 Å². The first kappa shape index (κ1) is 64.4. The average molecular weight is 1380 g/mol. The second kappa shape index (κ2) is 28.3. The number of para-hydroxylation sites is 1. The zero-order valence-corrected chi connectivity index (χ0v) is 58.8. The van der Waals surface area contributed by atoms with E-state index in [9.17, 15) is 0 Å². The largest absolute Gasteiger partial charge is 0.264 e.